The van der Waals surface area contributed by atoms with E-state index in [2.05, 4.69) is 6.07 Å². The molecule has 0 atom stereocenters. The third-order valence-electron chi connectivity index (χ3n) is 3.74. The van der Waals surface area contributed by atoms with Gasteiger partial charge in [0.2, 0.25) is 0 Å². The van der Waals surface area contributed by atoms with Gasteiger partial charge in [0.05, 0.1) is 18.1 Å². The summed E-state index contributed by atoms with van der Waals surface area (Å²) in [5.74, 6) is 2.38. The summed E-state index contributed by atoms with van der Waals surface area (Å²) in [6, 6.07) is 17.8. The molecule has 3 rings (SSSR count). The van der Waals surface area contributed by atoms with Gasteiger partial charge in [-0.05, 0) is 61.7 Å². The van der Waals surface area contributed by atoms with E-state index in [0.29, 0.717) is 6.61 Å². The fourth-order valence-corrected chi connectivity index (χ4v) is 2.34. The van der Waals surface area contributed by atoms with E-state index >= 15 is 0 Å². The van der Waals surface area contributed by atoms with Gasteiger partial charge in [0, 0.05) is 0 Å². The van der Waals surface area contributed by atoms with Crippen molar-refractivity contribution < 1.29 is 9.47 Å². The lowest BCUT2D eigenvalue weighted by molar-refractivity contribution is 0.339. The van der Waals surface area contributed by atoms with Crippen LogP contribution in [0, 0.1) is 11.3 Å². The molecule has 0 unspecified atom stereocenters. The molecule has 0 aromatic heterocycles. The lowest BCUT2D eigenvalue weighted by Crippen LogP contribution is -2.01. The van der Waals surface area contributed by atoms with Crippen LogP contribution in [0.2, 0.25) is 0 Å². The van der Waals surface area contributed by atoms with Crippen LogP contribution < -0.4 is 9.47 Å². The second-order valence-corrected chi connectivity index (χ2v) is 5.22. The Balaban J connectivity index is 1.69. The molecule has 106 valence electrons. The number of nitrogens with zero attached hydrogens (tertiary/aromatic N) is 1. The Morgan fingerprint density at radius 2 is 1.48 bits per heavy atom. The van der Waals surface area contributed by atoms with Crippen LogP contribution in [0.5, 0.6) is 17.2 Å². The summed E-state index contributed by atoms with van der Waals surface area (Å²) in [5.41, 5.74) is 0.849. The molecule has 3 nitrogen and oxygen atoms in total. The number of benzene rings is 2. The molecule has 0 bridgehead atoms. The van der Waals surface area contributed by atoms with Gasteiger partial charge in [0.15, 0.2) is 0 Å². The Bertz CT molecular complexity index is 649. The summed E-state index contributed by atoms with van der Waals surface area (Å²) in [6.45, 7) is 2.61. The Labute approximate surface area is 124 Å². The van der Waals surface area contributed by atoms with Crippen molar-refractivity contribution >= 4 is 0 Å². The topological polar surface area (TPSA) is 42.2 Å². The highest BCUT2D eigenvalue weighted by Crippen LogP contribution is 2.47. The zero-order valence-electron chi connectivity index (χ0n) is 12.0. The quantitative estimate of drug-likeness (QED) is 0.813. The maximum atomic E-state index is 9.19. The van der Waals surface area contributed by atoms with E-state index in [1.807, 2.05) is 55.5 Å². The molecule has 0 radical (unpaired) electrons. The van der Waals surface area contributed by atoms with Gasteiger partial charge in [-0.1, -0.05) is 12.1 Å². The molecule has 3 heteroatoms. The van der Waals surface area contributed by atoms with Crippen LogP contribution in [0.1, 0.15) is 25.3 Å². The first-order valence-corrected chi connectivity index (χ1v) is 7.18. The van der Waals surface area contributed by atoms with Crippen LogP contribution in [0.15, 0.2) is 48.5 Å². The maximum absolute atomic E-state index is 9.19. The normalized spacial score (nSPS) is 15.0. The van der Waals surface area contributed by atoms with Crippen LogP contribution >= 0.6 is 0 Å². The van der Waals surface area contributed by atoms with Crippen LogP contribution in [0.4, 0.5) is 0 Å². The van der Waals surface area contributed by atoms with Crippen LogP contribution in [-0.4, -0.2) is 6.61 Å². The standard InChI is InChI=1S/C18H17NO2/c1-2-20-15-7-9-17(10-8-15)21-16-5-3-14(4-6-16)18(13-19)11-12-18/h3-10H,2,11-12H2,1H3. The molecule has 0 saturated heterocycles. The van der Waals surface area contributed by atoms with Gasteiger partial charge in [0.25, 0.3) is 0 Å². The second-order valence-electron chi connectivity index (χ2n) is 5.22. The van der Waals surface area contributed by atoms with Crippen LogP contribution in [0.3, 0.4) is 0 Å². The first-order valence-electron chi connectivity index (χ1n) is 7.18. The van der Waals surface area contributed by atoms with E-state index in [1.54, 1.807) is 0 Å². The van der Waals surface area contributed by atoms with Crippen LogP contribution in [0.25, 0.3) is 0 Å². The average molecular weight is 279 g/mol. The molecule has 2 aromatic rings. The minimum Gasteiger partial charge on any atom is -0.494 e. The van der Waals surface area contributed by atoms with E-state index in [1.165, 1.54) is 0 Å². The highest BCUT2D eigenvalue weighted by Gasteiger charge is 2.44. The van der Waals surface area contributed by atoms with Gasteiger partial charge >= 0.3 is 0 Å². The van der Waals surface area contributed by atoms with Crippen molar-refractivity contribution in [3.63, 3.8) is 0 Å². The van der Waals surface area contributed by atoms with Crippen LogP contribution in [-0.2, 0) is 5.41 Å². The fourth-order valence-electron chi connectivity index (χ4n) is 2.34. The van der Waals surface area contributed by atoms with Crippen molar-refractivity contribution in [1.29, 1.82) is 5.26 Å². The lowest BCUT2D eigenvalue weighted by Gasteiger charge is -2.09. The average Bonchev–Trinajstić information content (AvgIpc) is 3.31. The maximum Gasteiger partial charge on any atom is 0.127 e. The molecule has 1 aliphatic rings. The smallest absolute Gasteiger partial charge is 0.127 e. The summed E-state index contributed by atoms with van der Waals surface area (Å²) in [7, 11) is 0. The number of rotatable bonds is 5. The highest BCUT2D eigenvalue weighted by molar-refractivity contribution is 5.42. The molecular formula is C18H17NO2. The van der Waals surface area contributed by atoms with Gasteiger partial charge in [-0.3, -0.25) is 0 Å². The molecule has 2 aromatic carbocycles. The highest BCUT2D eigenvalue weighted by atomic mass is 16.5. The zero-order chi connectivity index (χ0) is 14.7. The zero-order valence-corrected chi connectivity index (χ0v) is 12.0. The summed E-state index contributed by atoms with van der Waals surface area (Å²) in [5, 5.41) is 9.19. The molecule has 1 fully saturated rings. The SMILES string of the molecule is CCOc1ccc(Oc2ccc(C3(C#N)CC3)cc2)cc1. The Morgan fingerprint density at radius 1 is 0.952 bits per heavy atom. The predicted molar refractivity (Wildman–Crippen MR) is 80.7 cm³/mol. The Hall–Kier alpha value is -2.47. The van der Waals surface area contributed by atoms with Gasteiger partial charge in [-0.25, -0.2) is 0 Å². The van der Waals surface area contributed by atoms with E-state index in [4.69, 9.17) is 9.47 Å². The molecular weight excluding hydrogens is 262 g/mol. The minimum atomic E-state index is -0.238. The fraction of sp³-hybridized carbons (Fsp3) is 0.278. The summed E-state index contributed by atoms with van der Waals surface area (Å²) < 4.78 is 11.2. The monoisotopic (exact) mass is 279 g/mol. The second kappa shape index (κ2) is 5.49. The van der Waals surface area contributed by atoms with Crippen molar-refractivity contribution in [3.8, 4) is 23.3 Å². The molecule has 21 heavy (non-hydrogen) atoms. The molecule has 0 heterocycles. The summed E-state index contributed by atoms with van der Waals surface area (Å²) in [6.07, 6.45) is 1.92. The number of ether oxygens (including phenoxy) is 2. The van der Waals surface area contributed by atoms with Gasteiger partial charge in [-0.15, -0.1) is 0 Å². The Kier molecular flexibility index (Phi) is 3.53. The van der Waals surface area contributed by atoms with Crippen molar-refractivity contribution in [2.45, 2.75) is 25.2 Å². The van der Waals surface area contributed by atoms with Crippen molar-refractivity contribution in [2.75, 3.05) is 6.61 Å². The Morgan fingerprint density at radius 3 is 1.95 bits per heavy atom. The van der Waals surface area contributed by atoms with Crippen molar-refractivity contribution in [1.82, 2.24) is 0 Å². The summed E-state index contributed by atoms with van der Waals surface area (Å²) in [4.78, 5) is 0. The van der Waals surface area contributed by atoms with Gasteiger partial charge < -0.3 is 9.47 Å². The van der Waals surface area contributed by atoms with Gasteiger partial charge in [0.1, 0.15) is 17.2 Å². The number of nitriles is 1. The van der Waals surface area contributed by atoms with Gasteiger partial charge in [-0.2, -0.15) is 5.26 Å². The molecule has 0 N–H and O–H groups in total. The minimum absolute atomic E-state index is 0.238. The van der Waals surface area contributed by atoms with E-state index in [0.717, 1.165) is 35.7 Å². The molecule has 1 aliphatic carbocycles. The van der Waals surface area contributed by atoms with Crippen molar-refractivity contribution in [2.24, 2.45) is 0 Å². The van der Waals surface area contributed by atoms with E-state index in [9.17, 15) is 5.26 Å². The largest absolute Gasteiger partial charge is 0.494 e. The summed E-state index contributed by atoms with van der Waals surface area (Å²) >= 11 is 0. The van der Waals surface area contributed by atoms with Crippen molar-refractivity contribution in [3.05, 3.63) is 54.1 Å². The lowest BCUT2D eigenvalue weighted by atomic mass is 9.98. The third kappa shape index (κ3) is 2.85. The molecule has 0 spiro atoms. The van der Waals surface area contributed by atoms with E-state index in [-0.39, 0.29) is 5.41 Å². The molecule has 0 amide bonds. The first kappa shape index (κ1) is 13.5. The first-order chi connectivity index (χ1) is 10.3. The van der Waals surface area contributed by atoms with E-state index < -0.39 is 0 Å². The third-order valence-corrected chi connectivity index (χ3v) is 3.74. The number of hydrogen-bond donors (Lipinski definition) is 0. The molecule has 0 aliphatic heterocycles. The number of hydrogen-bond acceptors (Lipinski definition) is 3. The predicted octanol–water partition coefficient (Wildman–Crippen LogP) is 4.43. The molecule has 1 saturated carbocycles.